The summed E-state index contributed by atoms with van der Waals surface area (Å²) < 4.78 is 17.1. The molecule has 1 aromatic heterocycles. The number of carbonyl (C=O) groups is 1. The van der Waals surface area contributed by atoms with Crippen LogP contribution in [0.25, 0.3) is 6.08 Å². The second-order valence-corrected chi connectivity index (χ2v) is 12.9. The minimum absolute atomic E-state index is 0.00126. The smallest absolute Gasteiger partial charge is 0.273 e. The van der Waals surface area contributed by atoms with Crippen molar-refractivity contribution < 1.29 is 14.3 Å². The van der Waals surface area contributed by atoms with E-state index in [-0.39, 0.29) is 23.1 Å². The molecule has 7 nitrogen and oxygen atoms in total. The molecule has 2 aliphatic carbocycles. The molecule has 4 atom stereocenters. The molecule has 8 heteroatoms. The van der Waals surface area contributed by atoms with Gasteiger partial charge in [0, 0.05) is 53.0 Å². The van der Waals surface area contributed by atoms with Gasteiger partial charge in [0.15, 0.2) is 0 Å². The summed E-state index contributed by atoms with van der Waals surface area (Å²) in [5.74, 6) is -0.514. The van der Waals surface area contributed by atoms with Crippen LogP contribution in [0, 0.1) is 16.2 Å². The second-order valence-electron chi connectivity index (χ2n) is 12.9. The minimum Gasteiger partial charge on any atom is -0.388 e. The predicted octanol–water partition coefficient (Wildman–Crippen LogP) is 6.65. The Morgan fingerprint density at radius 1 is 1.23 bits per heavy atom. The molecule has 0 radical (unpaired) electrons. The highest BCUT2D eigenvalue weighted by molar-refractivity contribution is 5.93. The van der Waals surface area contributed by atoms with Gasteiger partial charge in [0.2, 0.25) is 0 Å². The Morgan fingerprint density at radius 2 is 1.98 bits per heavy atom. The first kappa shape index (κ1) is 28.7. The van der Waals surface area contributed by atoms with Crippen LogP contribution >= 0.6 is 0 Å². The van der Waals surface area contributed by atoms with Crippen LogP contribution < -0.4 is 5.43 Å². The Labute approximate surface area is 236 Å². The molecule has 1 fully saturated rings. The van der Waals surface area contributed by atoms with Crippen molar-refractivity contribution in [3.05, 3.63) is 68.6 Å². The van der Waals surface area contributed by atoms with Crippen molar-refractivity contribution in [2.24, 2.45) is 16.6 Å². The maximum absolute atomic E-state index is 14.8. The molecule has 2 N–H and O–H groups in total. The number of fused-ring (bicyclic) bond motifs is 3. The summed E-state index contributed by atoms with van der Waals surface area (Å²) >= 11 is 0. The summed E-state index contributed by atoms with van der Waals surface area (Å²) in [7, 11) is 0. The maximum Gasteiger partial charge on any atom is 0.273 e. The van der Waals surface area contributed by atoms with Crippen LogP contribution in [0.3, 0.4) is 0 Å². The molecule has 0 bridgehead atoms. The van der Waals surface area contributed by atoms with Crippen LogP contribution in [0.1, 0.15) is 117 Å². The van der Waals surface area contributed by atoms with Crippen molar-refractivity contribution >= 4 is 12.0 Å². The number of aliphatic hydroxyl groups excluding tert-OH is 1. The summed E-state index contributed by atoms with van der Waals surface area (Å²) in [6.07, 6.45) is 7.66. The van der Waals surface area contributed by atoms with Gasteiger partial charge >= 0.3 is 0 Å². The SMILES string of the molecule is CC1CC(F)=Cc2c3c(n(Cc4ccc(C(=O)NN=O)cc4)c21)CCC(C[C@]1(C)CCCN(C(C)C)CC1)C3O. The summed E-state index contributed by atoms with van der Waals surface area (Å²) in [5.41, 5.74) is 7.46. The lowest BCUT2D eigenvalue weighted by atomic mass is 9.70. The highest BCUT2D eigenvalue weighted by Gasteiger charge is 2.40. The molecular weight excluding hydrogens is 507 g/mol. The van der Waals surface area contributed by atoms with Gasteiger partial charge in [-0.3, -0.25) is 4.79 Å². The number of amides is 1. The number of likely N-dealkylation sites (tertiary alicyclic amines) is 1. The first-order chi connectivity index (χ1) is 19.1. The largest absolute Gasteiger partial charge is 0.388 e. The van der Waals surface area contributed by atoms with Crippen LogP contribution in [0.2, 0.25) is 0 Å². The lowest BCUT2D eigenvalue weighted by Gasteiger charge is -2.37. The molecule has 1 aromatic carbocycles. The van der Waals surface area contributed by atoms with Gasteiger partial charge in [-0.1, -0.05) is 26.0 Å². The third-order valence-electron chi connectivity index (χ3n) is 9.67. The summed E-state index contributed by atoms with van der Waals surface area (Å²) in [5, 5.41) is 14.3. The van der Waals surface area contributed by atoms with Gasteiger partial charge in [0.05, 0.1) is 11.4 Å². The van der Waals surface area contributed by atoms with Crippen LogP contribution in [0.4, 0.5) is 4.39 Å². The zero-order valence-electron chi connectivity index (χ0n) is 24.3. The van der Waals surface area contributed by atoms with Gasteiger partial charge in [-0.15, -0.1) is 4.91 Å². The Kier molecular flexibility index (Phi) is 8.30. The van der Waals surface area contributed by atoms with E-state index in [0.29, 0.717) is 24.6 Å². The number of rotatable bonds is 7. The van der Waals surface area contributed by atoms with Gasteiger partial charge in [-0.2, -0.15) is 0 Å². The van der Waals surface area contributed by atoms with Crippen molar-refractivity contribution in [2.75, 3.05) is 13.1 Å². The zero-order chi connectivity index (χ0) is 28.6. The van der Waals surface area contributed by atoms with E-state index in [0.717, 1.165) is 66.9 Å². The molecule has 0 saturated carbocycles. The normalized spacial score (nSPS) is 27.0. The minimum atomic E-state index is -0.615. The van der Waals surface area contributed by atoms with Crippen molar-refractivity contribution in [2.45, 2.75) is 97.2 Å². The van der Waals surface area contributed by atoms with Crippen molar-refractivity contribution in [3.8, 4) is 0 Å². The second kappa shape index (κ2) is 11.6. The maximum atomic E-state index is 14.8. The fourth-order valence-electron chi connectivity index (χ4n) is 7.49. The van der Waals surface area contributed by atoms with E-state index in [2.05, 4.69) is 42.4 Å². The lowest BCUT2D eigenvalue weighted by Crippen LogP contribution is -2.33. The molecule has 1 amide bonds. The number of allylic oxidation sites excluding steroid dienone is 1. The van der Waals surface area contributed by atoms with E-state index in [4.69, 9.17) is 0 Å². The summed E-state index contributed by atoms with van der Waals surface area (Å²) in [4.78, 5) is 24.9. The molecule has 2 aromatic rings. The summed E-state index contributed by atoms with van der Waals surface area (Å²) in [6, 6.07) is 7.66. The zero-order valence-corrected chi connectivity index (χ0v) is 24.3. The van der Waals surface area contributed by atoms with Crippen LogP contribution in [-0.2, 0) is 13.0 Å². The molecule has 216 valence electrons. The monoisotopic (exact) mass is 550 g/mol. The third kappa shape index (κ3) is 5.66. The number of nitroso groups, excluding NO2 is 1. The number of aliphatic hydroxyl groups is 1. The third-order valence-corrected chi connectivity index (χ3v) is 9.67. The van der Waals surface area contributed by atoms with Crippen LogP contribution in [0.5, 0.6) is 0 Å². The number of nitrogens with zero attached hydrogens (tertiary/aromatic N) is 3. The molecular formula is C32H43FN4O3. The molecule has 3 unspecified atom stereocenters. The number of benzene rings is 1. The highest BCUT2D eigenvalue weighted by Crippen LogP contribution is 2.50. The fraction of sp³-hybridized carbons (Fsp3) is 0.594. The number of hydrogen-bond donors (Lipinski definition) is 2. The van der Waals surface area contributed by atoms with Crippen molar-refractivity contribution in [3.63, 3.8) is 0 Å². The standard InChI is InChI=1S/C32H43FN4O3/c1-20(2)36-14-5-12-32(4,13-15-36)18-24-10-11-27-28(30(24)38)26-17-25(33)16-21(3)29(26)37(27)19-22-6-8-23(9-7-22)31(39)34-35-40/h6-9,17,20-21,24,30,38H,5,10-16,18-19H2,1-4H3,(H,34,39,40)/t21?,24?,30?,32-/m1/s1. The van der Waals surface area contributed by atoms with E-state index in [1.165, 1.54) is 12.8 Å². The topological polar surface area (TPSA) is 86.9 Å². The lowest BCUT2D eigenvalue weighted by molar-refractivity contribution is 0.0540. The number of halogens is 1. The van der Waals surface area contributed by atoms with Gasteiger partial charge in [0.1, 0.15) is 5.83 Å². The summed E-state index contributed by atoms with van der Waals surface area (Å²) in [6.45, 7) is 11.8. The van der Waals surface area contributed by atoms with Crippen LogP contribution in [0.15, 0.2) is 35.4 Å². The molecule has 1 aliphatic heterocycles. The first-order valence-corrected chi connectivity index (χ1v) is 14.8. The quantitative estimate of drug-likeness (QED) is 0.298. The Hall–Kier alpha value is -2.84. The van der Waals surface area contributed by atoms with E-state index < -0.39 is 12.0 Å². The van der Waals surface area contributed by atoms with Gasteiger partial charge in [-0.25, -0.2) is 9.82 Å². The fourth-order valence-corrected chi connectivity index (χ4v) is 7.49. The van der Waals surface area contributed by atoms with Crippen LogP contribution in [-0.4, -0.2) is 39.6 Å². The molecule has 5 rings (SSSR count). The number of carbonyl (C=O) groups excluding carboxylic acids is 1. The average molecular weight is 551 g/mol. The average Bonchev–Trinajstić information content (AvgIpc) is 3.07. The van der Waals surface area contributed by atoms with Gasteiger partial charge < -0.3 is 14.6 Å². The van der Waals surface area contributed by atoms with Gasteiger partial charge in [-0.05, 0) is 101 Å². The highest BCUT2D eigenvalue weighted by atomic mass is 19.1. The number of nitrogens with one attached hydrogen (secondary N) is 1. The Morgan fingerprint density at radius 3 is 2.67 bits per heavy atom. The van der Waals surface area contributed by atoms with E-state index in [1.807, 2.05) is 17.6 Å². The van der Waals surface area contributed by atoms with Gasteiger partial charge in [0.25, 0.3) is 5.91 Å². The molecule has 2 heterocycles. The predicted molar refractivity (Wildman–Crippen MR) is 155 cm³/mol. The number of hydrogen-bond acceptors (Lipinski definition) is 5. The molecule has 0 spiro atoms. The van der Waals surface area contributed by atoms with E-state index in [1.54, 1.807) is 18.2 Å². The molecule has 3 aliphatic rings. The molecule has 1 saturated heterocycles. The van der Waals surface area contributed by atoms with Crippen molar-refractivity contribution in [1.82, 2.24) is 14.9 Å². The Balaban J connectivity index is 1.43. The van der Waals surface area contributed by atoms with E-state index >= 15 is 0 Å². The number of aromatic nitrogens is 1. The Bertz CT molecular complexity index is 1280. The van der Waals surface area contributed by atoms with Crippen molar-refractivity contribution in [1.29, 1.82) is 0 Å². The van der Waals surface area contributed by atoms with E-state index in [9.17, 15) is 19.2 Å². The first-order valence-electron chi connectivity index (χ1n) is 14.8. The molecule has 40 heavy (non-hydrogen) atoms.